The molecule has 0 saturated heterocycles. The summed E-state index contributed by atoms with van der Waals surface area (Å²) in [6.07, 6.45) is 11.8. The lowest BCUT2D eigenvalue weighted by Gasteiger charge is -2.24. The molecule has 0 aromatic heterocycles. The molecule has 0 amide bonds. The van der Waals surface area contributed by atoms with Crippen LogP contribution < -0.4 is 5.32 Å². The summed E-state index contributed by atoms with van der Waals surface area (Å²) >= 11 is 0. The van der Waals surface area contributed by atoms with Crippen LogP contribution in [0.3, 0.4) is 0 Å². The molecular formula is C18H26FN. The predicted molar refractivity (Wildman–Crippen MR) is 83.1 cm³/mol. The third-order valence-corrected chi connectivity index (χ3v) is 4.15. The van der Waals surface area contributed by atoms with Crippen LogP contribution in [-0.2, 0) is 0 Å². The zero-order valence-electron chi connectivity index (χ0n) is 12.4. The summed E-state index contributed by atoms with van der Waals surface area (Å²) < 4.78 is 13.1. The van der Waals surface area contributed by atoms with Crippen LogP contribution in [-0.4, -0.2) is 6.54 Å². The van der Waals surface area contributed by atoms with Gasteiger partial charge in [0, 0.05) is 6.04 Å². The van der Waals surface area contributed by atoms with Crippen LogP contribution in [0.1, 0.15) is 57.1 Å². The van der Waals surface area contributed by atoms with E-state index in [0.717, 1.165) is 18.9 Å². The summed E-state index contributed by atoms with van der Waals surface area (Å²) in [4.78, 5) is 0. The first-order valence-electron chi connectivity index (χ1n) is 7.93. The smallest absolute Gasteiger partial charge is 0.123 e. The molecule has 1 aromatic carbocycles. The van der Waals surface area contributed by atoms with Crippen molar-refractivity contribution in [2.24, 2.45) is 5.92 Å². The zero-order chi connectivity index (χ0) is 14.2. The summed E-state index contributed by atoms with van der Waals surface area (Å²) in [6, 6.07) is 7.34. The van der Waals surface area contributed by atoms with Crippen LogP contribution in [0.4, 0.5) is 4.39 Å². The lowest BCUT2D eigenvalue weighted by atomic mass is 9.93. The number of unbranched alkanes of at least 4 members (excludes halogenated alkanes) is 1. The highest BCUT2D eigenvalue weighted by atomic mass is 19.1. The van der Waals surface area contributed by atoms with Crippen LogP contribution >= 0.6 is 0 Å². The molecule has 1 aliphatic rings. The van der Waals surface area contributed by atoms with Gasteiger partial charge in [-0.2, -0.15) is 0 Å². The van der Waals surface area contributed by atoms with E-state index in [2.05, 4.69) is 24.4 Å². The van der Waals surface area contributed by atoms with Crippen molar-refractivity contribution in [1.29, 1.82) is 0 Å². The van der Waals surface area contributed by atoms with Crippen molar-refractivity contribution in [3.63, 3.8) is 0 Å². The Hall–Kier alpha value is -1.15. The van der Waals surface area contributed by atoms with E-state index >= 15 is 0 Å². The van der Waals surface area contributed by atoms with Gasteiger partial charge in [0.15, 0.2) is 0 Å². The summed E-state index contributed by atoms with van der Waals surface area (Å²) in [6.45, 7) is 3.28. The number of benzene rings is 1. The van der Waals surface area contributed by atoms with Crippen molar-refractivity contribution in [2.75, 3.05) is 6.54 Å². The molecule has 2 atom stereocenters. The van der Waals surface area contributed by atoms with Gasteiger partial charge in [-0.1, -0.05) is 44.1 Å². The van der Waals surface area contributed by atoms with E-state index in [1.807, 2.05) is 12.1 Å². The molecule has 0 aliphatic heterocycles. The van der Waals surface area contributed by atoms with Crippen molar-refractivity contribution in [2.45, 2.75) is 51.5 Å². The fraction of sp³-hybridized carbons (Fsp3) is 0.556. The molecule has 0 radical (unpaired) electrons. The van der Waals surface area contributed by atoms with Gasteiger partial charge >= 0.3 is 0 Å². The summed E-state index contributed by atoms with van der Waals surface area (Å²) in [7, 11) is 0. The van der Waals surface area contributed by atoms with Crippen LogP contribution in [0.25, 0.3) is 0 Å². The SMILES string of the molecule is CCCCC(NCC1CC=CCC1)c1ccc(F)cc1. The van der Waals surface area contributed by atoms with Gasteiger partial charge < -0.3 is 5.32 Å². The maximum atomic E-state index is 13.1. The standard InChI is InChI=1S/C18H26FN/c1-2-3-9-18(16-10-12-17(19)13-11-16)20-14-15-7-5-4-6-8-15/h4-5,10-13,15,18,20H,2-3,6-9,14H2,1H3. The quantitative estimate of drug-likeness (QED) is 0.690. The monoisotopic (exact) mass is 275 g/mol. The molecule has 1 nitrogen and oxygen atoms in total. The molecule has 0 bridgehead atoms. The molecule has 0 heterocycles. The maximum absolute atomic E-state index is 13.1. The second kappa shape index (κ2) is 8.21. The topological polar surface area (TPSA) is 12.0 Å². The fourth-order valence-electron chi connectivity index (χ4n) is 2.84. The largest absolute Gasteiger partial charge is 0.310 e. The van der Waals surface area contributed by atoms with Gasteiger partial charge in [-0.15, -0.1) is 0 Å². The number of hydrogen-bond acceptors (Lipinski definition) is 1. The van der Waals surface area contributed by atoms with Crippen molar-refractivity contribution in [1.82, 2.24) is 5.32 Å². The number of halogens is 1. The number of hydrogen-bond donors (Lipinski definition) is 1. The average Bonchev–Trinajstić information content (AvgIpc) is 2.50. The first-order chi connectivity index (χ1) is 9.79. The van der Waals surface area contributed by atoms with Gasteiger partial charge in [0.05, 0.1) is 0 Å². The van der Waals surface area contributed by atoms with Gasteiger partial charge in [0.1, 0.15) is 5.82 Å². The van der Waals surface area contributed by atoms with E-state index in [1.54, 1.807) is 12.1 Å². The van der Waals surface area contributed by atoms with E-state index in [-0.39, 0.29) is 5.82 Å². The molecule has 2 rings (SSSR count). The summed E-state index contributed by atoms with van der Waals surface area (Å²) in [5, 5.41) is 3.70. The minimum atomic E-state index is -0.152. The van der Waals surface area contributed by atoms with E-state index in [4.69, 9.17) is 0 Å². The molecule has 0 spiro atoms. The third kappa shape index (κ3) is 4.75. The average molecular weight is 275 g/mol. The van der Waals surface area contributed by atoms with Gasteiger partial charge in [0.2, 0.25) is 0 Å². The van der Waals surface area contributed by atoms with Crippen molar-refractivity contribution >= 4 is 0 Å². The molecule has 110 valence electrons. The summed E-state index contributed by atoms with van der Waals surface area (Å²) in [5.41, 5.74) is 1.21. The number of allylic oxidation sites excluding steroid dienone is 2. The van der Waals surface area contributed by atoms with E-state index in [0.29, 0.717) is 6.04 Å². The lowest BCUT2D eigenvalue weighted by Crippen LogP contribution is -2.28. The highest BCUT2D eigenvalue weighted by Gasteiger charge is 2.14. The van der Waals surface area contributed by atoms with Crippen LogP contribution in [0, 0.1) is 11.7 Å². The molecule has 1 aliphatic carbocycles. The second-order valence-corrected chi connectivity index (χ2v) is 5.81. The summed E-state index contributed by atoms with van der Waals surface area (Å²) in [5.74, 6) is 0.602. The molecule has 2 unspecified atom stereocenters. The Kier molecular flexibility index (Phi) is 6.25. The van der Waals surface area contributed by atoms with E-state index in [1.165, 1.54) is 37.7 Å². The minimum Gasteiger partial charge on any atom is -0.310 e. The van der Waals surface area contributed by atoms with Crippen LogP contribution in [0.2, 0.25) is 0 Å². The number of nitrogens with one attached hydrogen (secondary N) is 1. The minimum absolute atomic E-state index is 0.152. The lowest BCUT2D eigenvalue weighted by molar-refractivity contribution is 0.390. The molecule has 20 heavy (non-hydrogen) atoms. The molecule has 0 saturated carbocycles. The molecule has 2 heteroatoms. The van der Waals surface area contributed by atoms with Crippen LogP contribution in [0.5, 0.6) is 0 Å². The molecular weight excluding hydrogens is 249 g/mol. The van der Waals surface area contributed by atoms with Crippen LogP contribution in [0.15, 0.2) is 36.4 Å². The fourth-order valence-corrected chi connectivity index (χ4v) is 2.84. The Morgan fingerprint density at radius 3 is 2.70 bits per heavy atom. The molecule has 1 N–H and O–H groups in total. The van der Waals surface area contributed by atoms with Crippen molar-refractivity contribution < 1.29 is 4.39 Å². The van der Waals surface area contributed by atoms with E-state index in [9.17, 15) is 4.39 Å². The van der Waals surface area contributed by atoms with Gasteiger partial charge in [0.25, 0.3) is 0 Å². The third-order valence-electron chi connectivity index (χ3n) is 4.15. The van der Waals surface area contributed by atoms with E-state index < -0.39 is 0 Å². The Morgan fingerprint density at radius 2 is 2.05 bits per heavy atom. The molecule has 0 fully saturated rings. The van der Waals surface area contributed by atoms with Gasteiger partial charge in [-0.05, 0) is 55.8 Å². The maximum Gasteiger partial charge on any atom is 0.123 e. The second-order valence-electron chi connectivity index (χ2n) is 5.81. The van der Waals surface area contributed by atoms with Crippen molar-refractivity contribution in [3.8, 4) is 0 Å². The first kappa shape index (κ1) is 15.2. The van der Waals surface area contributed by atoms with Gasteiger partial charge in [-0.3, -0.25) is 0 Å². The predicted octanol–water partition coefficient (Wildman–Crippen LogP) is 5.00. The zero-order valence-corrected chi connectivity index (χ0v) is 12.4. The molecule has 1 aromatic rings. The Bertz CT molecular complexity index is 410. The highest BCUT2D eigenvalue weighted by molar-refractivity contribution is 5.20. The highest BCUT2D eigenvalue weighted by Crippen LogP contribution is 2.22. The van der Waals surface area contributed by atoms with Crippen molar-refractivity contribution in [3.05, 3.63) is 47.8 Å². The normalized spacial score (nSPS) is 20.0. The first-order valence-corrected chi connectivity index (χ1v) is 7.93. The number of rotatable bonds is 7. The van der Waals surface area contributed by atoms with Gasteiger partial charge in [-0.25, -0.2) is 4.39 Å². The Balaban J connectivity index is 1.92. The Morgan fingerprint density at radius 1 is 1.25 bits per heavy atom. The Labute approximate surface area is 122 Å².